The minimum absolute atomic E-state index is 0.156. The average molecular weight is 617 g/mol. The molecule has 0 N–H and O–H groups in total. The fourth-order valence-electron chi connectivity index (χ4n) is 6.13. The molecule has 46 heavy (non-hydrogen) atoms. The number of ether oxygens (including phenoxy) is 2. The van der Waals surface area contributed by atoms with E-state index in [4.69, 9.17) is 9.47 Å². The number of nitro benzene ring substituents is 2. The van der Waals surface area contributed by atoms with Crippen LogP contribution >= 0.6 is 0 Å². The van der Waals surface area contributed by atoms with E-state index >= 15 is 0 Å². The van der Waals surface area contributed by atoms with Crippen molar-refractivity contribution in [3.05, 3.63) is 164 Å². The number of nitro groups is 2. The zero-order valence-electron chi connectivity index (χ0n) is 24.0. The highest BCUT2D eigenvalue weighted by Crippen LogP contribution is 2.51. The maximum atomic E-state index is 14.2. The van der Waals surface area contributed by atoms with Crippen molar-refractivity contribution < 1.29 is 28.9 Å². The Labute approximate surface area is 261 Å². The fraction of sp³-hybridized carbons (Fsp3) is 0.118. The molecule has 12 nitrogen and oxygen atoms in total. The van der Waals surface area contributed by atoms with Gasteiger partial charge in [0.2, 0.25) is 11.4 Å². The van der Waals surface area contributed by atoms with Gasteiger partial charge in [-0.3, -0.25) is 39.6 Å². The normalized spacial score (nSPS) is 22.0. The van der Waals surface area contributed by atoms with E-state index in [9.17, 15) is 29.8 Å². The van der Waals surface area contributed by atoms with Crippen LogP contribution in [-0.2, 0) is 30.5 Å². The van der Waals surface area contributed by atoms with Gasteiger partial charge in [-0.25, -0.2) is 0 Å². The second-order valence-corrected chi connectivity index (χ2v) is 11.0. The third-order valence-electron chi connectivity index (χ3n) is 8.39. The lowest BCUT2D eigenvalue weighted by molar-refractivity contribution is -0.385. The third kappa shape index (κ3) is 4.54. The van der Waals surface area contributed by atoms with E-state index in [2.05, 4.69) is 0 Å². The molecule has 12 heteroatoms. The van der Waals surface area contributed by atoms with E-state index in [0.29, 0.717) is 22.3 Å². The highest BCUT2D eigenvalue weighted by atomic mass is 16.6. The summed E-state index contributed by atoms with van der Waals surface area (Å²) in [5.41, 5.74) is -1.51. The molecule has 0 spiro atoms. The number of hydrogen-bond donors (Lipinski definition) is 0. The van der Waals surface area contributed by atoms with Gasteiger partial charge >= 0.3 is 0 Å². The molecule has 0 bridgehead atoms. The molecule has 4 aromatic rings. The number of piperazine rings is 1. The van der Waals surface area contributed by atoms with Gasteiger partial charge in [-0.05, 0) is 24.3 Å². The molecule has 2 unspecified atom stereocenters. The highest BCUT2D eigenvalue weighted by Gasteiger charge is 2.62. The minimum atomic E-state index is -1.62. The predicted molar refractivity (Wildman–Crippen MR) is 164 cm³/mol. The maximum Gasteiger partial charge on any atom is 0.269 e. The topological polar surface area (TPSA) is 145 Å². The Morgan fingerprint density at radius 1 is 0.543 bits per heavy atom. The molecule has 2 atom stereocenters. The summed E-state index contributed by atoms with van der Waals surface area (Å²) in [7, 11) is 0. The molecule has 2 amide bonds. The van der Waals surface area contributed by atoms with Gasteiger partial charge in [-0.15, -0.1) is 0 Å². The number of rotatable bonds is 6. The molecule has 228 valence electrons. The smallest absolute Gasteiger partial charge is 0.269 e. The Kier molecular flexibility index (Phi) is 6.62. The quantitative estimate of drug-likeness (QED) is 0.209. The summed E-state index contributed by atoms with van der Waals surface area (Å²) >= 11 is 0. The van der Waals surface area contributed by atoms with Crippen molar-refractivity contribution in [3.63, 3.8) is 0 Å². The van der Waals surface area contributed by atoms with E-state index in [1.807, 2.05) is 12.1 Å². The number of carbonyl (C=O) groups excluding carboxylic acids is 2. The van der Waals surface area contributed by atoms with Gasteiger partial charge in [-0.1, -0.05) is 60.7 Å². The summed E-state index contributed by atoms with van der Waals surface area (Å²) in [6, 6.07) is 29.3. The van der Waals surface area contributed by atoms with Crippen LogP contribution in [0.15, 0.2) is 121 Å². The van der Waals surface area contributed by atoms with Crippen LogP contribution in [-0.4, -0.2) is 44.6 Å². The Hall–Kier alpha value is -6.30. The van der Waals surface area contributed by atoms with Gasteiger partial charge < -0.3 is 9.47 Å². The summed E-state index contributed by atoms with van der Waals surface area (Å²) in [4.78, 5) is 53.2. The first kappa shape index (κ1) is 28.5. The molecule has 0 saturated carbocycles. The lowest BCUT2D eigenvalue weighted by Gasteiger charge is -2.59. The molecule has 1 fully saturated rings. The molecular weight excluding hydrogens is 592 g/mol. The Morgan fingerprint density at radius 3 is 1.22 bits per heavy atom. The molecule has 3 aliphatic rings. The lowest BCUT2D eigenvalue weighted by atomic mass is 9.87. The van der Waals surface area contributed by atoms with Gasteiger partial charge in [0.25, 0.3) is 23.2 Å². The largest absolute Gasteiger partial charge is 0.461 e. The number of benzene rings is 4. The second-order valence-electron chi connectivity index (χ2n) is 11.0. The molecule has 1 saturated heterocycles. The number of amides is 2. The van der Waals surface area contributed by atoms with Crippen LogP contribution in [0, 0.1) is 20.2 Å². The Morgan fingerprint density at radius 2 is 0.891 bits per heavy atom. The highest BCUT2D eigenvalue weighted by molar-refractivity contribution is 5.98. The average Bonchev–Trinajstić information content (AvgIpc) is 3.08. The van der Waals surface area contributed by atoms with Gasteiger partial charge in [-0.2, -0.15) is 0 Å². The van der Waals surface area contributed by atoms with E-state index in [1.165, 1.54) is 70.5 Å². The van der Waals surface area contributed by atoms with Crippen LogP contribution in [0.1, 0.15) is 22.3 Å². The number of carbonyl (C=O) groups is 2. The molecule has 4 aromatic carbocycles. The molecule has 7 rings (SSSR count). The molecule has 3 aliphatic heterocycles. The van der Waals surface area contributed by atoms with Crippen LogP contribution in [0.4, 0.5) is 11.4 Å². The number of hydrogen-bond acceptors (Lipinski definition) is 8. The SMILES string of the molecule is O=C1C=C(c2ccccc2)OC2(c3ccc([N+](=O)[O-])cc3)CN3C(=O)C=C(c4ccccc4)OC3(c3ccc([N+](=O)[O-])cc3)CN12. The molecular formula is C34H24N4O8. The van der Waals surface area contributed by atoms with Crippen molar-refractivity contribution >= 4 is 34.7 Å². The van der Waals surface area contributed by atoms with Crippen LogP contribution in [0.5, 0.6) is 0 Å². The summed E-state index contributed by atoms with van der Waals surface area (Å²) < 4.78 is 13.4. The first-order chi connectivity index (χ1) is 22.2. The van der Waals surface area contributed by atoms with Gasteiger partial charge in [0.15, 0.2) is 0 Å². The first-order valence-electron chi connectivity index (χ1n) is 14.3. The number of non-ortho nitro benzene ring substituents is 2. The monoisotopic (exact) mass is 616 g/mol. The van der Waals surface area contributed by atoms with Crippen molar-refractivity contribution in [1.29, 1.82) is 0 Å². The number of fused-ring (bicyclic) bond motifs is 2. The molecule has 3 heterocycles. The van der Waals surface area contributed by atoms with Crippen LogP contribution < -0.4 is 0 Å². The van der Waals surface area contributed by atoms with E-state index in [-0.39, 0.29) is 36.0 Å². The second kappa shape index (κ2) is 10.7. The molecule has 0 aliphatic carbocycles. The Bertz CT molecular complexity index is 1800. The first-order valence-corrected chi connectivity index (χ1v) is 14.3. The van der Waals surface area contributed by atoms with Gasteiger partial charge in [0.05, 0.1) is 22.9 Å². The van der Waals surface area contributed by atoms with E-state index in [1.54, 1.807) is 48.5 Å². The summed E-state index contributed by atoms with van der Waals surface area (Å²) in [5, 5.41) is 23.0. The Balaban J connectivity index is 1.42. The van der Waals surface area contributed by atoms with Crippen molar-refractivity contribution in [3.8, 4) is 0 Å². The van der Waals surface area contributed by atoms with Crippen molar-refractivity contribution in [1.82, 2.24) is 9.80 Å². The summed E-state index contributed by atoms with van der Waals surface area (Å²) in [6.45, 7) is -0.482. The zero-order valence-corrected chi connectivity index (χ0v) is 24.0. The van der Waals surface area contributed by atoms with Crippen LogP contribution in [0.2, 0.25) is 0 Å². The summed E-state index contributed by atoms with van der Waals surface area (Å²) in [5.74, 6) is -0.379. The van der Waals surface area contributed by atoms with Gasteiger partial charge in [0.1, 0.15) is 11.5 Å². The zero-order chi connectivity index (χ0) is 32.1. The van der Waals surface area contributed by atoms with Crippen LogP contribution in [0.3, 0.4) is 0 Å². The predicted octanol–water partition coefficient (Wildman–Crippen LogP) is 5.32. The van der Waals surface area contributed by atoms with Crippen molar-refractivity contribution in [2.75, 3.05) is 13.1 Å². The molecule has 0 radical (unpaired) electrons. The van der Waals surface area contributed by atoms with Crippen molar-refractivity contribution in [2.45, 2.75) is 11.4 Å². The lowest BCUT2D eigenvalue weighted by Crippen LogP contribution is -2.73. The maximum absolute atomic E-state index is 14.2. The standard InChI is InChI=1S/C34H24N4O8/c39-31-19-29(23-7-3-1-4-8-23)45-33(25-11-15-27(16-12-25)37(41)42)21-36-32(40)20-30(24-9-5-2-6-10-24)46-34(36,22-35(31)33)26-13-17-28(18-14-26)38(43)44/h1-20H,21-22H2. The molecule has 0 aromatic heterocycles. The third-order valence-corrected chi connectivity index (χ3v) is 8.39. The number of nitrogens with zero attached hydrogens (tertiary/aromatic N) is 4. The van der Waals surface area contributed by atoms with Crippen molar-refractivity contribution in [2.24, 2.45) is 0 Å². The fourth-order valence-corrected chi connectivity index (χ4v) is 6.13. The van der Waals surface area contributed by atoms with E-state index < -0.39 is 33.1 Å². The minimum Gasteiger partial charge on any atom is -0.461 e. The van der Waals surface area contributed by atoms with E-state index in [0.717, 1.165) is 0 Å². The van der Waals surface area contributed by atoms with Gasteiger partial charge in [0, 0.05) is 58.7 Å². The summed E-state index contributed by atoms with van der Waals surface area (Å²) in [6.07, 6.45) is 2.72. The van der Waals surface area contributed by atoms with Crippen LogP contribution in [0.25, 0.3) is 11.5 Å².